The predicted octanol–water partition coefficient (Wildman–Crippen LogP) is 6.84. The molecule has 5 atom stereocenters. The van der Waals surface area contributed by atoms with Crippen LogP contribution in [0.5, 0.6) is 11.5 Å². The van der Waals surface area contributed by atoms with Gasteiger partial charge in [0.05, 0.1) is 11.0 Å². The molecule has 2 saturated carbocycles. The average Bonchev–Trinajstić information content (AvgIpc) is 3.78. The van der Waals surface area contributed by atoms with E-state index in [0.717, 1.165) is 75.5 Å². The number of hydrogen-bond acceptors (Lipinski definition) is 6. The van der Waals surface area contributed by atoms with E-state index in [1.54, 1.807) is 0 Å². The number of ether oxygens (including phenoxy) is 2. The Morgan fingerprint density at radius 2 is 1.78 bits per heavy atom. The van der Waals surface area contributed by atoms with Crippen LogP contribution in [-0.4, -0.2) is 70.8 Å². The Morgan fingerprint density at radius 1 is 1.00 bits per heavy atom. The van der Waals surface area contributed by atoms with Gasteiger partial charge in [0.25, 0.3) is 0 Å². The quantitative estimate of drug-likeness (QED) is 0.135. The predicted molar refractivity (Wildman–Crippen MR) is 178 cm³/mol. The third-order valence-electron chi connectivity index (χ3n) is 12.0. The van der Waals surface area contributed by atoms with Crippen LogP contribution in [0, 0.1) is 5.92 Å². The second-order valence-electron chi connectivity index (χ2n) is 14.9. The lowest BCUT2D eigenvalue weighted by Gasteiger charge is -2.65. The zero-order valence-electron chi connectivity index (χ0n) is 27.6. The molecular weight excluding hydrogens is 560 g/mol. The fourth-order valence-corrected chi connectivity index (χ4v) is 9.70. The number of aryl methyl sites for hydroxylation is 1. The van der Waals surface area contributed by atoms with Crippen molar-refractivity contribution in [2.45, 2.75) is 133 Å². The van der Waals surface area contributed by atoms with Gasteiger partial charge in [-0.25, -0.2) is 0 Å². The van der Waals surface area contributed by atoms with Gasteiger partial charge < -0.3 is 14.6 Å². The molecular formula is C39H54N2O4. The number of piperidine rings is 1. The molecule has 1 N–H and O–H groups in total. The molecule has 244 valence electrons. The standard InChI is InChI=1S/C39H54N2O4/c1-3-4-11-23-40(24-12-6-5-8-13-29-14-9-7-10-15-29)32-20-21-39(43)34-26-31-18-19-33(44-28(2)42)36-35(31)38(39,37(32)45-36)22-25-41(34)27-30-16-17-30/h7,9-10,14-15,18-19,30,32,34,37,43H,3-6,8,11-13,16-17,20-27H2,1-2H3/t32?,34-,37?,38+,39-/m1/s1. The first-order valence-electron chi connectivity index (χ1n) is 18.2. The summed E-state index contributed by atoms with van der Waals surface area (Å²) in [4.78, 5) is 17.5. The first kappa shape index (κ1) is 31.2. The third-order valence-corrected chi connectivity index (χ3v) is 12.0. The van der Waals surface area contributed by atoms with Crippen LogP contribution >= 0.6 is 0 Å². The largest absolute Gasteiger partial charge is 0.483 e. The Bertz CT molecular complexity index is 1340. The van der Waals surface area contributed by atoms with Crippen LogP contribution < -0.4 is 9.47 Å². The lowest BCUT2D eigenvalue weighted by atomic mass is 9.48. The van der Waals surface area contributed by atoms with E-state index in [4.69, 9.17) is 9.47 Å². The molecule has 45 heavy (non-hydrogen) atoms. The zero-order valence-corrected chi connectivity index (χ0v) is 27.6. The molecule has 7 rings (SSSR count). The maximum atomic E-state index is 13.0. The Morgan fingerprint density at radius 3 is 2.53 bits per heavy atom. The summed E-state index contributed by atoms with van der Waals surface area (Å²) < 4.78 is 12.9. The van der Waals surface area contributed by atoms with Gasteiger partial charge in [0.2, 0.25) is 0 Å². The monoisotopic (exact) mass is 614 g/mol. The maximum Gasteiger partial charge on any atom is 0.308 e. The molecule has 0 aromatic heterocycles. The van der Waals surface area contributed by atoms with Crippen molar-refractivity contribution in [3.63, 3.8) is 0 Å². The van der Waals surface area contributed by atoms with E-state index < -0.39 is 11.0 Å². The minimum absolute atomic E-state index is 0.120. The highest BCUT2D eigenvalue weighted by atomic mass is 16.6. The van der Waals surface area contributed by atoms with Gasteiger partial charge in [-0.3, -0.25) is 14.6 Å². The van der Waals surface area contributed by atoms with Gasteiger partial charge in [0.1, 0.15) is 6.10 Å². The molecule has 2 unspecified atom stereocenters. The Hall–Kier alpha value is -2.41. The number of benzene rings is 2. The fourth-order valence-electron chi connectivity index (χ4n) is 9.70. The second kappa shape index (κ2) is 13.0. The van der Waals surface area contributed by atoms with Crippen molar-refractivity contribution in [2.24, 2.45) is 5.92 Å². The van der Waals surface area contributed by atoms with Crippen LogP contribution in [0.15, 0.2) is 42.5 Å². The molecule has 2 heterocycles. The molecule has 6 nitrogen and oxygen atoms in total. The molecule has 2 bridgehead atoms. The number of carbonyl (C=O) groups is 1. The van der Waals surface area contributed by atoms with Gasteiger partial charge in [-0.15, -0.1) is 0 Å². The van der Waals surface area contributed by atoms with Crippen molar-refractivity contribution >= 4 is 5.97 Å². The number of unbranched alkanes of at least 4 members (excludes halogenated alkanes) is 5. The van der Waals surface area contributed by atoms with Gasteiger partial charge in [0, 0.05) is 31.1 Å². The van der Waals surface area contributed by atoms with Crippen LogP contribution in [0.2, 0.25) is 0 Å². The van der Waals surface area contributed by atoms with E-state index in [9.17, 15) is 9.90 Å². The van der Waals surface area contributed by atoms with Crippen LogP contribution in [0.25, 0.3) is 0 Å². The molecule has 0 radical (unpaired) electrons. The van der Waals surface area contributed by atoms with E-state index in [1.165, 1.54) is 75.8 Å². The maximum absolute atomic E-state index is 13.0. The minimum Gasteiger partial charge on any atom is -0.483 e. The van der Waals surface area contributed by atoms with E-state index >= 15 is 0 Å². The number of esters is 1. The number of aliphatic hydroxyl groups is 1. The van der Waals surface area contributed by atoms with Crippen LogP contribution in [0.3, 0.4) is 0 Å². The number of hydrogen-bond donors (Lipinski definition) is 1. The molecule has 1 saturated heterocycles. The summed E-state index contributed by atoms with van der Waals surface area (Å²) in [6.07, 6.45) is 15.7. The zero-order chi connectivity index (χ0) is 31.0. The normalized spacial score (nSPS) is 29.8. The first-order valence-corrected chi connectivity index (χ1v) is 18.2. The number of nitrogens with zero attached hydrogens (tertiary/aromatic N) is 2. The Labute approximate surface area is 270 Å². The summed E-state index contributed by atoms with van der Waals surface area (Å²) in [7, 11) is 0. The van der Waals surface area contributed by atoms with E-state index in [0.29, 0.717) is 5.75 Å². The number of rotatable bonds is 15. The number of carbonyl (C=O) groups excluding carboxylic acids is 1. The molecule has 6 heteroatoms. The van der Waals surface area contributed by atoms with Gasteiger partial charge in [-0.2, -0.15) is 0 Å². The van der Waals surface area contributed by atoms with Gasteiger partial charge in [-0.1, -0.05) is 69.0 Å². The average molecular weight is 615 g/mol. The van der Waals surface area contributed by atoms with Crippen LogP contribution in [0.1, 0.15) is 108 Å². The molecule has 2 aliphatic heterocycles. The lowest BCUT2D eigenvalue weighted by molar-refractivity contribution is -0.200. The van der Waals surface area contributed by atoms with Crippen LogP contribution in [0.4, 0.5) is 0 Å². The molecule has 2 aromatic rings. The smallest absolute Gasteiger partial charge is 0.308 e. The van der Waals surface area contributed by atoms with E-state index in [1.807, 2.05) is 6.07 Å². The summed E-state index contributed by atoms with van der Waals surface area (Å²) >= 11 is 0. The Kier molecular flexibility index (Phi) is 9.02. The van der Waals surface area contributed by atoms with Crippen molar-refractivity contribution in [3.8, 4) is 11.5 Å². The lowest BCUT2D eigenvalue weighted by Crippen LogP contribution is -2.78. The van der Waals surface area contributed by atoms with Crippen molar-refractivity contribution in [3.05, 3.63) is 59.2 Å². The fraction of sp³-hybridized carbons (Fsp3) is 0.667. The molecule has 5 aliphatic rings. The number of likely N-dealkylation sites (tertiary alicyclic amines) is 1. The molecule has 3 aliphatic carbocycles. The summed E-state index contributed by atoms with van der Waals surface area (Å²) in [5, 5.41) is 13.0. The summed E-state index contributed by atoms with van der Waals surface area (Å²) in [6, 6.07) is 15.3. The van der Waals surface area contributed by atoms with Gasteiger partial charge >= 0.3 is 5.97 Å². The highest BCUT2D eigenvalue weighted by molar-refractivity contribution is 5.72. The van der Waals surface area contributed by atoms with Crippen molar-refractivity contribution in [1.29, 1.82) is 0 Å². The minimum atomic E-state index is -0.832. The van der Waals surface area contributed by atoms with Gasteiger partial charge in [-0.05, 0) is 107 Å². The highest BCUT2D eigenvalue weighted by Gasteiger charge is 2.73. The molecule has 1 spiro atoms. The molecule has 3 fully saturated rings. The van der Waals surface area contributed by atoms with Crippen molar-refractivity contribution in [1.82, 2.24) is 9.80 Å². The van der Waals surface area contributed by atoms with Crippen molar-refractivity contribution in [2.75, 3.05) is 26.2 Å². The Balaban J connectivity index is 1.14. The molecule has 0 amide bonds. The van der Waals surface area contributed by atoms with Crippen molar-refractivity contribution < 1.29 is 19.4 Å². The highest BCUT2D eigenvalue weighted by Crippen LogP contribution is 2.66. The first-order chi connectivity index (χ1) is 21.9. The third kappa shape index (κ3) is 5.74. The SMILES string of the molecule is CCCCCN(CCCCCCc1ccccc1)C1CC[C@@]2(O)[C@H]3Cc4ccc(OC(C)=O)c5c4[C@@]2(CCN3CC2CC2)C1O5. The summed E-state index contributed by atoms with van der Waals surface area (Å²) in [6.45, 7) is 8.01. The summed E-state index contributed by atoms with van der Waals surface area (Å²) in [5.74, 6) is 1.73. The topological polar surface area (TPSA) is 62.2 Å². The molecule has 2 aromatic carbocycles. The van der Waals surface area contributed by atoms with E-state index in [-0.39, 0.29) is 24.2 Å². The van der Waals surface area contributed by atoms with Gasteiger partial charge in [0.15, 0.2) is 11.5 Å². The summed E-state index contributed by atoms with van der Waals surface area (Å²) in [5.41, 5.74) is 2.59. The van der Waals surface area contributed by atoms with Crippen LogP contribution in [-0.2, 0) is 23.1 Å². The van der Waals surface area contributed by atoms with E-state index in [2.05, 4.69) is 53.1 Å². The second-order valence-corrected chi connectivity index (χ2v) is 14.9.